The summed E-state index contributed by atoms with van der Waals surface area (Å²) in [5.74, 6) is 0. The molecule has 0 N–H and O–H groups in total. The van der Waals surface area contributed by atoms with Gasteiger partial charge in [-0.1, -0.05) is 0 Å². The van der Waals surface area contributed by atoms with E-state index in [9.17, 15) is 0 Å². The molecule has 0 unspecified atom stereocenters. The minimum absolute atomic E-state index is 0. The van der Waals surface area contributed by atoms with Crippen LogP contribution in [0.5, 0.6) is 0 Å². The van der Waals surface area contributed by atoms with Crippen LogP contribution in [-0.4, -0.2) is 17.4 Å². The van der Waals surface area contributed by atoms with E-state index in [0.29, 0.717) is 0 Å². The van der Waals surface area contributed by atoms with Gasteiger partial charge in [-0.15, -0.1) is 0 Å². The third-order valence-corrected chi connectivity index (χ3v) is 0. The minimum Gasteiger partial charge on any atom is 0 e. The van der Waals surface area contributed by atoms with Crippen molar-refractivity contribution in [3.63, 3.8) is 0 Å². The van der Waals surface area contributed by atoms with Crippen LogP contribution in [0.25, 0.3) is 0 Å². The molecular weight excluding hydrogens is 282 g/mol. The molecule has 31 valence electrons. The molecule has 0 amide bonds. The fourth-order valence-electron chi connectivity index (χ4n) is 0. The van der Waals surface area contributed by atoms with E-state index in [-0.39, 0.29) is 53.3 Å². The first-order chi connectivity index (χ1) is 1.00. The van der Waals surface area contributed by atoms with Crippen molar-refractivity contribution in [3.8, 4) is 0 Å². The van der Waals surface area contributed by atoms with Crippen molar-refractivity contribution >= 4 is 17.4 Å². The third-order valence-electron chi connectivity index (χ3n) is 0. The van der Waals surface area contributed by atoms with Gasteiger partial charge >= 0.3 is 31.1 Å². The van der Waals surface area contributed by atoms with E-state index < -0.39 is 0 Å². The summed E-state index contributed by atoms with van der Waals surface area (Å²) >= 11 is 4.96. The van der Waals surface area contributed by atoms with Crippen molar-refractivity contribution in [1.29, 1.82) is 0 Å². The predicted molar refractivity (Wildman–Crippen MR) is 9.94 cm³/mol. The predicted octanol–water partition coefficient (Wildman–Crippen LogP) is -1.19. The maximum Gasteiger partial charge on any atom is 0 e. The molecule has 0 bridgehead atoms. The van der Waals surface area contributed by atoms with Gasteiger partial charge in [0.2, 0.25) is 0 Å². The van der Waals surface area contributed by atoms with Crippen molar-refractivity contribution in [1.82, 2.24) is 0 Å². The molecule has 0 atom stereocenters. The van der Waals surface area contributed by atoms with Crippen LogP contribution in [0, 0.1) is 0 Å². The molecule has 0 fully saturated rings. The van der Waals surface area contributed by atoms with Crippen LogP contribution in [0.15, 0.2) is 0 Å². The van der Waals surface area contributed by atoms with Gasteiger partial charge in [0, 0.05) is 35.9 Å². The topological polar surface area (TPSA) is 0 Å². The molecular formula is H3AlCrFeMoV. The molecule has 0 aliphatic carbocycles. The van der Waals surface area contributed by atoms with E-state index in [0.717, 1.165) is 0 Å². The Morgan fingerprint density at radius 3 is 1.20 bits per heavy atom. The summed E-state index contributed by atoms with van der Waals surface area (Å²) in [6, 6.07) is 0. The average Bonchev–Trinajstić information content (AvgIpc) is 1.00. The molecule has 0 heterocycles. The molecule has 0 saturated carbocycles. The Kier molecular flexibility index (Phi) is 143. The van der Waals surface area contributed by atoms with Gasteiger partial charge in [-0.3, -0.25) is 0 Å². The number of hydrogen-bond acceptors (Lipinski definition) is 0. The van der Waals surface area contributed by atoms with Crippen molar-refractivity contribution in [2.45, 2.75) is 0 Å². The Balaban J connectivity index is -0.00000000167. The van der Waals surface area contributed by atoms with Crippen LogP contribution in [0.1, 0.15) is 0 Å². The average molecular weight is 285 g/mol. The van der Waals surface area contributed by atoms with E-state index in [1.54, 1.807) is 17.7 Å². The largest absolute Gasteiger partial charge is 0 e. The number of hydrogen-bond donors (Lipinski definition) is 0. The molecule has 0 saturated heterocycles. The van der Waals surface area contributed by atoms with Crippen molar-refractivity contribution in [2.24, 2.45) is 0 Å². The van der Waals surface area contributed by atoms with Crippen LogP contribution in [0.4, 0.5) is 0 Å². The second kappa shape index (κ2) is 28.8. The molecule has 5 heavy (non-hydrogen) atoms. The van der Waals surface area contributed by atoms with Gasteiger partial charge in [-0.05, 0) is 0 Å². The molecule has 0 nitrogen and oxygen atoms in total. The first-order valence-corrected chi connectivity index (χ1v) is 3.52. The van der Waals surface area contributed by atoms with Crippen LogP contribution >= 0.6 is 0 Å². The summed E-state index contributed by atoms with van der Waals surface area (Å²) in [5.41, 5.74) is 0. The second-order valence-corrected chi connectivity index (χ2v) is 0. The van der Waals surface area contributed by atoms with Crippen LogP contribution in [0.3, 0.4) is 0 Å². The molecule has 0 aromatic rings. The van der Waals surface area contributed by atoms with Crippen LogP contribution in [-0.2, 0) is 67.0 Å². The van der Waals surface area contributed by atoms with E-state index in [4.69, 9.17) is 0 Å². The normalized spacial score (nSPS) is 1.00. The maximum absolute atomic E-state index is 3.26. The van der Waals surface area contributed by atoms with E-state index >= 15 is 0 Å². The van der Waals surface area contributed by atoms with Gasteiger partial charge in [-0.2, -0.15) is 0 Å². The van der Waals surface area contributed by atoms with Crippen molar-refractivity contribution < 1.29 is 67.0 Å². The maximum atomic E-state index is 3.26. The smallest absolute Gasteiger partial charge is 0 e. The van der Waals surface area contributed by atoms with Gasteiger partial charge < -0.3 is 0 Å². The van der Waals surface area contributed by atoms with E-state index in [1.807, 2.05) is 0 Å². The fourth-order valence-corrected chi connectivity index (χ4v) is 0. The Morgan fingerprint density at radius 1 is 1.20 bits per heavy atom. The fraction of sp³-hybridized carbons (Fsp3) is 0. The molecule has 0 aromatic carbocycles. The summed E-state index contributed by atoms with van der Waals surface area (Å²) in [6.07, 6.45) is 0. The summed E-state index contributed by atoms with van der Waals surface area (Å²) in [7, 11) is 0. The first-order valence-electron chi connectivity index (χ1n) is 0.144. The Bertz CT molecular complexity index is 11.6. The molecule has 1 radical (unpaired) electrons. The second-order valence-electron chi connectivity index (χ2n) is 0. The van der Waals surface area contributed by atoms with Gasteiger partial charge in [0.05, 0.1) is 0 Å². The standard InChI is InChI=1S/Al.Cr.Fe.Mo.V.3H. The van der Waals surface area contributed by atoms with Crippen molar-refractivity contribution in [2.75, 3.05) is 0 Å². The van der Waals surface area contributed by atoms with Gasteiger partial charge in [0.15, 0.2) is 17.4 Å². The molecule has 0 aromatic heterocycles. The zero-order valence-corrected chi connectivity index (χ0v) is 7.40. The zero-order valence-electron chi connectivity index (χ0n) is 1.62. The molecule has 0 rings (SSSR count). The molecule has 5 heteroatoms. The quantitative estimate of drug-likeness (QED) is 0.491. The first kappa shape index (κ1) is 24.8. The third kappa shape index (κ3) is 19.8. The van der Waals surface area contributed by atoms with Gasteiger partial charge in [-0.25, -0.2) is 0 Å². The summed E-state index contributed by atoms with van der Waals surface area (Å²) in [5, 5.41) is 0. The minimum atomic E-state index is 0. The summed E-state index contributed by atoms with van der Waals surface area (Å²) in [6.45, 7) is 0. The Morgan fingerprint density at radius 2 is 1.20 bits per heavy atom. The Labute approximate surface area is 83.1 Å². The molecule has 0 aliphatic heterocycles. The summed E-state index contributed by atoms with van der Waals surface area (Å²) in [4.78, 5) is 0. The van der Waals surface area contributed by atoms with Crippen molar-refractivity contribution in [3.05, 3.63) is 0 Å². The zero-order chi connectivity index (χ0) is 2.00. The molecule has 0 aliphatic rings. The van der Waals surface area contributed by atoms with E-state index in [1.165, 1.54) is 0 Å². The monoisotopic (exact) mass is 287 g/mol. The van der Waals surface area contributed by atoms with Gasteiger partial charge in [0.1, 0.15) is 0 Å². The van der Waals surface area contributed by atoms with Crippen LogP contribution < -0.4 is 0 Å². The van der Waals surface area contributed by atoms with E-state index in [2.05, 4.69) is 13.4 Å². The van der Waals surface area contributed by atoms with Gasteiger partial charge in [0.25, 0.3) is 0 Å². The summed E-state index contributed by atoms with van der Waals surface area (Å²) < 4.78 is 0. The van der Waals surface area contributed by atoms with Crippen LogP contribution in [0.2, 0.25) is 0 Å². The SMILES string of the molecule is [AlH3].[Cr].[Fe][Mo].[V]. The molecule has 0 spiro atoms. The number of rotatable bonds is 0. The Hall–Kier alpha value is 2.86.